The molecule has 0 spiro atoms. The number of aromatic nitrogens is 3. The lowest BCUT2D eigenvalue weighted by Crippen LogP contribution is -2.40. The van der Waals surface area contributed by atoms with Gasteiger partial charge in [0, 0.05) is 38.3 Å². The Labute approximate surface area is 146 Å². The monoisotopic (exact) mass is 341 g/mol. The van der Waals surface area contributed by atoms with Crippen LogP contribution in [0, 0.1) is 0 Å². The molecular formula is C18H23N5O2. The van der Waals surface area contributed by atoms with Crippen molar-refractivity contribution in [2.45, 2.75) is 37.3 Å². The zero-order valence-corrected chi connectivity index (χ0v) is 14.3. The minimum Gasteiger partial charge on any atom is -0.380 e. The van der Waals surface area contributed by atoms with E-state index in [0.717, 1.165) is 30.0 Å². The predicted molar refractivity (Wildman–Crippen MR) is 93.7 cm³/mol. The highest BCUT2D eigenvalue weighted by molar-refractivity contribution is 5.95. The molecule has 1 aliphatic carbocycles. The highest BCUT2D eigenvalue weighted by atomic mass is 16.5. The van der Waals surface area contributed by atoms with Crippen molar-refractivity contribution in [1.82, 2.24) is 20.3 Å². The molecule has 7 nitrogen and oxygen atoms in total. The third-order valence-electron chi connectivity index (χ3n) is 5.08. The number of H-pyrrole nitrogens is 1. The van der Waals surface area contributed by atoms with Gasteiger partial charge in [0.1, 0.15) is 12.1 Å². The normalized spacial score (nSPS) is 23.0. The topological polar surface area (TPSA) is 83.1 Å². The number of rotatable bonds is 6. The fourth-order valence-electron chi connectivity index (χ4n) is 3.57. The number of methoxy groups -OCH3 is 1. The van der Waals surface area contributed by atoms with Gasteiger partial charge in [-0.25, -0.2) is 9.97 Å². The molecule has 1 aliphatic heterocycles. The van der Waals surface area contributed by atoms with Crippen LogP contribution in [0.1, 0.15) is 41.2 Å². The van der Waals surface area contributed by atoms with Gasteiger partial charge in [0.15, 0.2) is 0 Å². The molecule has 2 N–H and O–H groups in total. The zero-order valence-electron chi connectivity index (χ0n) is 14.3. The van der Waals surface area contributed by atoms with Crippen molar-refractivity contribution < 1.29 is 9.53 Å². The summed E-state index contributed by atoms with van der Waals surface area (Å²) >= 11 is 0. The minimum absolute atomic E-state index is 0.00773. The number of nitrogens with zero attached hydrogens (tertiary/aromatic N) is 3. The molecule has 4 rings (SSSR count). The summed E-state index contributed by atoms with van der Waals surface area (Å²) in [6.07, 6.45) is 8.48. The van der Waals surface area contributed by atoms with Gasteiger partial charge in [-0.1, -0.05) is 0 Å². The molecule has 0 radical (unpaired) electrons. The summed E-state index contributed by atoms with van der Waals surface area (Å²) in [6.45, 7) is 1.34. The Balaban J connectivity index is 1.43. The maximum Gasteiger partial charge on any atom is 0.253 e. The lowest BCUT2D eigenvalue weighted by molar-refractivity contribution is 0.0945. The van der Waals surface area contributed by atoms with Crippen molar-refractivity contribution in [3.8, 4) is 0 Å². The van der Waals surface area contributed by atoms with Gasteiger partial charge in [-0.05, 0) is 37.3 Å². The average Bonchev–Trinajstić information content (AvgIpc) is 3.22. The summed E-state index contributed by atoms with van der Waals surface area (Å²) in [4.78, 5) is 26.3. The molecule has 7 heteroatoms. The SMILES string of the molecule is CO[C@@H]1C[C@H](CNC(=O)c2cc[nH]c2C2CC2)N(c2ccncn2)C1. The fraction of sp³-hybridized carbons (Fsp3) is 0.500. The van der Waals surface area contributed by atoms with Crippen LogP contribution in [0.5, 0.6) is 0 Å². The van der Waals surface area contributed by atoms with Gasteiger partial charge in [-0.3, -0.25) is 4.79 Å². The molecule has 132 valence electrons. The fourth-order valence-corrected chi connectivity index (χ4v) is 3.57. The Morgan fingerprint density at radius 3 is 3.04 bits per heavy atom. The van der Waals surface area contributed by atoms with E-state index in [2.05, 4.69) is 25.2 Å². The van der Waals surface area contributed by atoms with Crippen LogP contribution in [0.4, 0.5) is 5.82 Å². The van der Waals surface area contributed by atoms with Crippen LogP contribution in [0.25, 0.3) is 0 Å². The molecule has 2 aliphatic rings. The van der Waals surface area contributed by atoms with E-state index in [1.807, 2.05) is 18.3 Å². The number of nitrogens with one attached hydrogen (secondary N) is 2. The lowest BCUT2D eigenvalue weighted by atomic mass is 10.1. The number of carbonyl (C=O) groups is 1. The zero-order chi connectivity index (χ0) is 17.2. The van der Waals surface area contributed by atoms with E-state index in [1.165, 1.54) is 12.8 Å². The van der Waals surface area contributed by atoms with Crippen LogP contribution in [0.3, 0.4) is 0 Å². The van der Waals surface area contributed by atoms with Crippen LogP contribution in [-0.4, -0.2) is 53.2 Å². The molecule has 2 aromatic heterocycles. The molecular weight excluding hydrogens is 318 g/mol. The highest BCUT2D eigenvalue weighted by Crippen LogP contribution is 2.40. The Kier molecular flexibility index (Phi) is 4.40. The maximum absolute atomic E-state index is 12.6. The second kappa shape index (κ2) is 6.84. The smallest absolute Gasteiger partial charge is 0.253 e. The maximum atomic E-state index is 12.6. The summed E-state index contributed by atoms with van der Waals surface area (Å²) in [7, 11) is 1.73. The molecule has 1 saturated heterocycles. The molecule has 25 heavy (non-hydrogen) atoms. The van der Waals surface area contributed by atoms with E-state index in [4.69, 9.17) is 4.74 Å². The number of aromatic amines is 1. The number of hydrogen-bond donors (Lipinski definition) is 2. The van der Waals surface area contributed by atoms with E-state index in [1.54, 1.807) is 19.6 Å². The van der Waals surface area contributed by atoms with Crippen LogP contribution in [0.15, 0.2) is 30.9 Å². The van der Waals surface area contributed by atoms with Gasteiger partial charge in [0.05, 0.1) is 17.7 Å². The third kappa shape index (κ3) is 3.37. The first kappa shape index (κ1) is 16.1. The second-order valence-electron chi connectivity index (χ2n) is 6.76. The molecule has 0 aromatic carbocycles. The number of hydrogen-bond acceptors (Lipinski definition) is 5. The number of anilines is 1. The van der Waals surface area contributed by atoms with E-state index >= 15 is 0 Å². The Hall–Kier alpha value is -2.41. The number of ether oxygens (including phenoxy) is 1. The molecule has 2 atom stereocenters. The van der Waals surface area contributed by atoms with Gasteiger partial charge >= 0.3 is 0 Å². The summed E-state index contributed by atoms with van der Waals surface area (Å²) in [5, 5.41) is 3.09. The molecule has 3 heterocycles. The molecule has 0 bridgehead atoms. The second-order valence-corrected chi connectivity index (χ2v) is 6.76. The van der Waals surface area contributed by atoms with E-state index in [9.17, 15) is 4.79 Å². The van der Waals surface area contributed by atoms with Crippen molar-refractivity contribution in [3.05, 3.63) is 42.1 Å². The van der Waals surface area contributed by atoms with E-state index in [-0.39, 0.29) is 18.1 Å². The van der Waals surface area contributed by atoms with Crippen LogP contribution < -0.4 is 10.2 Å². The molecule has 2 fully saturated rings. The van der Waals surface area contributed by atoms with Gasteiger partial charge in [0.25, 0.3) is 5.91 Å². The average molecular weight is 341 g/mol. The van der Waals surface area contributed by atoms with Crippen LogP contribution in [-0.2, 0) is 4.74 Å². The first-order valence-electron chi connectivity index (χ1n) is 8.77. The Bertz CT molecular complexity index is 728. The Morgan fingerprint density at radius 2 is 2.32 bits per heavy atom. The van der Waals surface area contributed by atoms with Gasteiger partial charge in [-0.15, -0.1) is 0 Å². The quantitative estimate of drug-likeness (QED) is 0.836. The standard InChI is InChI=1S/C18H23N5O2/c1-25-14-8-13(23(10-14)16-5-6-19-11-22-16)9-21-18(24)15-4-7-20-17(15)12-2-3-12/h4-7,11-14,20H,2-3,8-10H2,1H3,(H,21,24)/t13-,14-/m1/s1. The molecule has 0 unspecified atom stereocenters. The first-order valence-corrected chi connectivity index (χ1v) is 8.77. The van der Waals surface area contributed by atoms with Gasteiger partial charge in [-0.2, -0.15) is 0 Å². The summed E-state index contributed by atoms with van der Waals surface area (Å²) in [5.41, 5.74) is 1.85. The van der Waals surface area contributed by atoms with Crippen LogP contribution in [0.2, 0.25) is 0 Å². The van der Waals surface area contributed by atoms with Gasteiger partial charge < -0.3 is 19.9 Å². The summed E-state index contributed by atoms with van der Waals surface area (Å²) < 4.78 is 5.53. The van der Waals surface area contributed by atoms with Crippen molar-refractivity contribution in [1.29, 1.82) is 0 Å². The van der Waals surface area contributed by atoms with E-state index < -0.39 is 0 Å². The Morgan fingerprint density at radius 1 is 1.44 bits per heavy atom. The minimum atomic E-state index is -0.00773. The van der Waals surface area contributed by atoms with Crippen molar-refractivity contribution in [2.24, 2.45) is 0 Å². The van der Waals surface area contributed by atoms with Crippen molar-refractivity contribution in [3.63, 3.8) is 0 Å². The molecule has 1 amide bonds. The summed E-state index contributed by atoms with van der Waals surface area (Å²) in [6, 6.07) is 3.93. The lowest BCUT2D eigenvalue weighted by Gasteiger charge is -2.25. The first-order chi connectivity index (χ1) is 12.3. The van der Waals surface area contributed by atoms with Gasteiger partial charge in [0.2, 0.25) is 0 Å². The molecule has 1 saturated carbocycles. The number of amides is 1. The molecule has 2 aromatic rings. The van der Waals surface area contributed by atoms with Crippen molar-refractivity contribution >= 4 is 11.7 Å². The van der Waals surface area contributed by atoms with Crippen LogP contribution >= 0.6 is 0 Å². The predicted octanol–water partition coefficient (Wildman–Crippen LogP) is 1.71. The third-order valence-corrected chi connectivity index (χ3v) is 5.08. The highest BCUT2D eigenvalue weighted by Gasteiger charge is 2.34. The number of carbonyl (C=O) groups excluding carboxylic acids is 1. The van der Waals surface area contributed by atoms with E-state index in [0.29, 0.717) is 12.5 Å². The van der Waals surface area contributed by atoms with Crippen molar-refractivity contribution in [2.75, 3.05) is 25.1 Å². The largest absolute Gasteiger partial charge is 0.380 e. The summed E-state index contributed by atoms with van der Waals surface area (Å²) in [5.74, 6) is 1.39.